The molecule has 3 aromatic rings. The van der Waals surface area contributed by atoms with Crippen molar-refractivity contribution in [2.75, 3.05) is 0 Å². The minimum absolute atomic E-state index is 0.263. The number of thiophene rings is 1. The molecule has 0 aliphatic carbocycles. The maximum Gasteiger partial charge on any atom is 0.227 e. The molecule has 0 atom stereocenters. The molecule has 4 nitrogen and oxygen atoms in total. The van der Waals surface area contributed by atoms with E-state index in [9.17, 15) is 9.90 Å². The van der Waals surface area contributed by atoms with E-state index in [2.05, 4.69) is 18.8 Å². The molecule has 3 rings (SSSR count). The number of aliphatic carboxylic acids is 1. The Morgan fingerprint density at radius 1 is 1.26 bits per heavy atom. The van der Waals surface area contributed by atoms with E-state index in [4.69, 9.17) is 4.42 Å². The predicted octanol–water partition coefficient (Wildman–Crippen LogP) is 3.49. The molecule has 0 unspecified atom stereocenters. The van der Waals surface area contributed by atoms with Crippen molar-refractivity contribution in [1.82, 2.24) is 4.98 Å². The van der Waals surface area contributed by atoms with E-state index in [1.54, 1.807) is 0 Å². The smallest absolute Gasteiger partial charge is 0.227 e. The molecule has 2 aromatic heterocycles. The van der Waals surface area contributed by atoms with Crippen LogP contribution < -0.4 is 5.11 Å². The van der Waals surface area contributed by atoms with Crippen molar-refractivity contribution < 1.29 is 14.3 Å². The Labute approximate surface area is 138 Å². The third-order valence-corrected chi connectivity index (χ3v) is 4.45. The summed E-state index contributed by atoms with van der Waals surface area (Å²) >= 11 is 1.49. The SMILES string of the molecule is CC(C)c1ccc(-c2nc(CC(=O)[O-])c(-c3cccs3)o2)cc1. The van der Waals surface area contributed by atoms with E-state index >= 15 is 0 Å². The quantitative estimate of drug-likeness (QED) is 0.720. The lowest BCUT2D eigenvalue weighted by Gasteiger charge is -2.04. The standard InChI is InChI=1S/C18H17NO3S/c1-11(2)12-5-7-13(8-6-12)18-19-14(10-16(20)21)17(22-18)15-4-3-9-23-15/h3-9,11H,10H2,1-2H3,(H,20,21)/p-1. The topological polar surface area (TPSA) is 66.2 Å². The lowest BCUT2D eigenvalue weighted by Crippen LogP contribution is -2.24. The van der Waals surface area contributed by atoms with E-state index in [1.807, 2.05) is 41.8 Å². The van der Waals surface area contributed by atoms with Gasteiger partial charge in [0.25, 0.3) is 0 Å². The first-order chi connectivity index (χ1) is 11.0. The zero-order chi connectivity index (χ0) is 16.4. The highest BCUT2D eigenvalue weighted by Crippen LogP contribution is 2.33. The molecule has 0 aliphatic heterocycles. The fourth-order valence-corrected chi connectivity index (χ4v) is 3.07. The summed E-state index contributed by atoms with van der Waals surface area (Å²) in [5.41, 5.74) is 2.46. The van der Waals surface area contributed by atoms with E-state index in [0.29, 0.717) is 23.3 Å². The van der Waals surface area contributed by atoms with Crippen molar-refractivity contribution in [3.05, 3.63) is 53.0 Å². The minimum atomic E-state index is -1.17. The van der Waals surface area contributed by atoms with Gasteiger partial charge in [0.2, 0.25) is 5.89 Å². The summed E-state index contributed by atoms with van der Waals surface area (Å²) in [4.78, 5) is 16.2. The van der Waals surface area contributed by atoms with Crippen molar-refractivity contribution >= 4 is 17.3 Å². The molecule has 0 amide bonds. The maximum atomic E-state index is 11.0. The highest BCUT2D eigenvalue weighted by molar-refractivity contribution is 7.13. The zero-order valence-corrected chi connectivity index (χ0v) is 13.7. The van der Waals surface area contributed by atoms with Crippen LogP contribution in [0.3, 0.4) is 0 Å². The van der Waals surface area contributed by atoms with Crippen molar-refractivity contribution in [3.63, 3.8) is 0 Å². The lowest BCUT2D eigenvalue weighted by molar-refractivity contribution is -0.304. The van der Waals surface area contributed by atoms with Gasteiger partial charge >= 0.3 is 0 Å². The number of hydrogen-bond donors (Lipinski definition) is 0. The average Bonchev–Trinajstić information content (AvgIpc) is 3.16. The van der Waals surface area contributed by atoms with Gasteiger partial charge in [-0.3, -0.25) is 0 Å². The summed E-state index contributed by atoms with van der Waals surface area (Å²) in [7, 11) is 0. The third-order valence-electron chi connectivity index (χ3n) is 3.58. The van der Waals surface area contributed by atoms with Gasteiger partial charge in [-0.2, -0.15) is 0 Å². The first kappa shape index (κ1) is 15.5. The van der Waals surface area contributed by atoms with Gasteiger partial charge in [0.05, 0.1) is 10.6 Å². The number of aromatic nitrogens is 1. The molecule has 2 heterocycles. The van der Waals surface area contributed by atoms with Crippen LogP contribution in [0, 0.1) is 0 Å². The Bertz CT molecular complexity index is 801. The van der Waals surface area contributed by atoms with Crippen LogP contribution in [0.5, 0.6) is 0 Å². The number of carbonyl (C=O) groups excluding carboxylic acids is 1. The first-order valence-corrected chi connectivity index (χ1v) is 8.26. The van der Waals surface area contributed by atoms with Crippen LogP contribution >= 0.6 is 11.3 Å². The van der Waals surface area contributed by atoms with E-state index in [1.165, 1.54) is 16.9 Å². The van der Waals surface area contributed by atoms with Crippen molar-refractivity contribution in [3.8, 4) is 22.1 Å². The van der Waals surface area contributed by atoms with Crippen molar-refractivity contribution in [2.24, 2.45) is 0 Å². The molecule has 0 aliphatic rings. The van der Waals surface area contributed by atoms with Crippen LogP contribution in [0.15, 0.2) is 46.2 Å². The number of nitrogens with zero attached hydrogens (tertiary/aromatic N) is 1. The average molecular weight is 326 g/mol. The Balaban J connectivity index is 2.01. The molecule has 0 saturated heterocycles. The van der Waals surface area contributed by atoms with Gasteiger partial charge in [-0.05, 0) is 35.1 Å². The number of rotatable bonds is 5. The van der Waals surface area contributed by atoms with Gasteiger partial charge < -0.3 is 14.3 Å². The molecule has 0 N–H and O–H groups in total. The summed E-state index contributed by atoms with van der Waals surface area (Å²) in [5.74, 6) is 0.217. The van der Waals surface area contributed by atoms with Crippen LogP contribution in [0.1, 0.15) is 31.0 Å². The summed E-state index contributed by atoms with van der Waals surface area (Å²) in [6.45, 7) is 4.26. The number of oxazole rings is 1. The second kappa shape index (κ2) is 6.38. The molecule has 0 saturated carbocycles. The number of hydrogen-bond acceptors (Lipinski definition) is 5. The van der Waals surface area contributed by atoms with Crippen LogP contribution in [-0.4, -0.2) is 11.0 Å². The van der Waals surface area contributed by atoms with Crippen molar-refractivity contribution in [1.29, 1.82) is 0 Å². The lowest BCUT2D eigenvalue weighted by atomic mass is 10.0. The Morgan fingerprint density at radius 3 is 2.57 bits per heavy atom. The van der Waals surface area contributed by atoms with Gasteiger partial charge in [-0.15, -0.1) is 11.3 Å². The molecule has 1 aromatic carbocycles. The van der Waals surface area contributed by atoms with Gasteiger partial charge in [0.15, 0.2) is 5.76 Å². The van der Waals surface area contributed by atoms with E-state index in [-0.39, 0.29) is 6.42 Å². The summed E-state index contributed by atoms with van der Waals surface area (Å²) in [6.07, 6.45) is -0.263. The monoisotopic (exact) mass is 326 g/mol. The fourth-order valence-electron chi connectivity index (χ4n) is 2.34. The highest BCUT2D eigenvalue weighted by Gasteiger charge is 2.17. The van der Waals surface area contributed by atoms with Gasteiger partial charge in [-0.1, -0.05) is 32.0 Å². The fraction of sp³-hybridized carbons (Fsp3) is 0.222. The predicted molar refractivity (Wildman–Crippen MR) is 88.1 cm³/mol. The number of carbonyl (C=O) groups is 1. The normalized spacial score (nSPS) is 11.1. The highest BCUT2D eigenvalue weighted by atomic mass is 32.1. The molecule has 0 fully saturated rings. The van der Waals surface area contributed by atoms with Crippen LogP contribution in [0.2, 0.25) is 0 Å². The molecule has 0 radical (unpaired) electrons. The van der Waals surface area contributed by atoms with Gasteiger partial charge in [0.1, 0.15) is 0 Å². The Morgan fingerprint density at radius 2 is 2.00 bits per heavy atom. The molecule has 0 bridgehead atoms. The van der Waals surface area contributed by atoms with Gasteiger partial charge in [-0.25, -0.2) is 4.98 Å². The summed E-state index contributed by atoms with van der Waals surface area (Å²) in [5, 5.41) is 12.9. The van der Waals surface area contributed by atoms with Crippen molar-refractivity contribution in [2.45, 2.75) is 26.2 Å². The van der Waals surface area contributed by atoms with Crippen LogP contribution in [0.4, 0.5) is 0 Å². The second-order valence-corrected chi connectivity index (χ2v) is 6.55. The third kappa shape index (κ3) is 3.35. The largest absolute Gasteiger partial charge is 0.550 e. The molecule has 23 heavy (non-hydrogen) atoms. The molecule has 0 spiro atoms. The number of carboxylic acid groups (broad SMARTS) is 1. The summed E-state index contributed by atoms with van der Waals surface area (Å²) in [6, 6.07) is 11.7. The molecule has 118 valence electrons. The first-order valence-electron chi connectivity index (χ1n) is 7.38. The molecular weight excluding hydrogens is 310 g/mol. The van der Waals surface area contributed by atoms with E-state index in [0.717, 1.165) is 10.4 Å². The molecule has 5 heteroatoms. The summed E-state index contributed by atoms with van der Waals surface area (Å²) < 4.78 is 5.85. The maximum absolute atomic E-state index is 11.0. The molecular formula is C18H16NO3S-. The van der Waals surface area contributed by atoms with Crippen LogP contribution in [0.25, 0.3) is 22.1 Å². The van der Waals surface area contributed by atoms with E-state index < -0.39 is 5.97 Å². The van der Waals surface area contributed by atoms with Gasteiger partial charge in [0, 0.05) is 18.0 Å². The second-order valence-electron chi connectivity index (χ2n) is 5.60. The Kier molecular flexibility index (Phi) is 4.30. The number of benzene rings is 1. The zero-order valence-electron chi connectivity index (χ0n) is 12.9. The van der Waals surface area contributed by atoms with Crippen LogP contribution in [-0.2, 0) is 11.2 Å². The number of carboxylic acids is 1. The minimum Gasteiger partial charge on any atom is -0.550 e. The Hall–Kier alpha value is -2.40.